The van der Waals surface area contributed by atoms with E-state index in [1.807, 2.05) is 12.1 Å². The summed E-state index contributed by atoms with van der Waals surface area (Å²) in [5.74, 6) is 1.37. The number of oxazole rings is 1. The van der Waals surface area contributed by atoms with E-state index in [-0.39, 0.29) is 0 Å². The van der Waals surface area contributed by atoms with Crippen LogP contribution in [0.4, 0.5) is 0 Å². The Kier molecular flexibility index (Phi) is 3.29. The third kappa shape index (κ3) is 2.86. The van der Waals surface area contributed by atoms with Gasteiger partial charge in [-0.25, -0.2) is 4.98 Å². The predicted molar refractivity (Wildman–Crippen MR) is 71.8 cm³/mol. The van der Waals surface area contributed by atoms with E-state index in [1.54, 1.807) is 12.3 Å². The van der Waals surface area contributed by atoms with Gasteiger partial charge in [0.25, 0.3) is 0 Å². The minimum absolute atomic E-state index is 0.589. The number of benzene rings is 1. The molecule has 3 rings (SSSR count). The summed E-state index contributed by atoms with van der Waals surface area (Å²) in [5, 5.41) is 4.53. The van der Waals surface area contributed by atoms with Crippen molar-refractivity contribution in [2.75, 3.05) is 0 Å². The standard InChI is InChI=1S/C13H12Cl2N2O/c14-9-3-8(4-10(15)5-9)12-6-17-13(18-12)7-16-11-1-2-11/h3-6,11,16H,1-2,7H2. The zero-order chi connectivity index (χ0) is 12.5. The molecule has 1 fully saturated rings. The third-order valence-corrected chi connectivity index (χ3v) is 3.26. The summed E-state index contributed by atoms with van der Waals surface area (Å²) >= 11 is 11.9. The van der Waals surface area contributed by atoms with Crippen molar-refractivity contribution in [3.8, 4) is 11.3 Å². The summed E-state index contributed by atoms with van der Waals surface area (Å²) in [6, 6.07) is 5.96. The van der Waals surface area contributed by atoms with Gasteiger partial charge >= 0.3 is 0 Å². The maximum absolute atomic E-state index is 5.96. The van der Waals surface area contributed by atoms with Crippen LogP contribution in [0, 0.1) is 0 Å². The maximum atomic E-state index is 5.96. The molecule has 0 amide bonds. The molecule has 0 aliphatic heterocycles. The second-order valence-electron chi connectivity index (χ2n) is 4.43. The molecule has 5 heteroatoms. The number of hydrogen-bond acceptors (Lipinski definition) is 3. The van der Waals surface area contributed by atoms with Crippen LogP contribution in [0.15, 0.2) is 28.8 Å². The largest absolute Gasteiger partial charge is 0.439 e. The van der Waals surface area contributed by atoms with E-state index in [0.29, 0.717) is 34.3 Å². The Labute approximate surface area is 115 Å². The first-order chi connectivity index (χ1) is 8.70. The van der Waals surface area contributed by atoms with Gasteiger partial charge in [-0.1, -0.05) is 23.2 Å². The van der Waals surface area contributed by atoms with E-state index in [2.05, 4.69) is 10.3 Å². The first kappa shape index (κ1) is 12.0. The molecule has 1 saturated carbocycles. The van der Waals surface area contributed by atoms with Crippen LogP contribution in [0.5, 0.6) is 0 Å². The van der Waals surface area contributed by atoms with Crippen molar-refractivity contribution in [1.82, 2.24) is 10.3 Å². The molecule has 18 heavy (non-hydrogen) atoms. The van der Waals surface area contributed by atoms with Crippen LogP contribution in [-0.4, -0.2) is 11.0 Å². The molecule has 1 heterocycles. The van der Waals surface area contributed by atoms with E-state index >= 15 is 0 Å². The highest BCUT2D eigenvalue weighted by molar-refractivity contribution is 6.35. The van der Waals surface area contributed by atoms with Crippen molar-refractivity contribution in [2.24, 2.45) is 0 Å². The second-order valence-corrected chi connectivity index (χ2v) is 5.30. The highest BCUT2D eigenvalue weighted by Gasteiger charge is 2.21. The van der Waals surface area contributed by atoms with Crippen LogP contribution < -0.4 is 5.32 Å². The first-order valence-electron chi connectivity index (χ1n) is 5.85. The summed E-state index contributed by atoms with van der Waals surface area (Å²) in [4.78, 5) is 4.24. The third-order valence-electron chi connectivity index (χ3n) is 2.82. The molecule has 1 aliphatic carbocycles. The lowest BCUT2D eigenvalue weighted by atomic mass is 10.2. The summed E-state index contributed by atoms with van der Waals surface area (Å²) < 4.78 is 5.67. The van der Waals surface area contributed by atoms with Crippen molar-refractivity contribution >= 4 is 23.2 Å². The van der Waals surface area contributed by atoms with Crippen LogP contribution in [0.3, 0.4) is 0 Å². The highest BCUT2D eigenvalue weighted by Crippen LogP contribution is 2.28. The molecule has 1 aliphatic rings. The van der Waals surface area contributed by atoms with E-state index < -0.39 is 0 Å². The van der Waals surface area contributed by atoms with Crippen LogP contribution in [0.2, 0.25) is 10.0 Å². The number of rotatable bonds is 4. The average molecular weight is 283 g/mol. The zero-order valence-corrected chi connectivity index (χ0v) is 11.1. The van der Waals surface area contributed by atoms with Gasteiger partial charge in [0.05, 0.1) is 12.7 Å². The second kappa shape index (κ2) is 4.92. The number of halogens is 2. The molecular weight excluding hydrogens is 271 g/mol. The van der Waals surface area contributed by atoms with E-state index in [9.17, 15) is 0 Å². The zero-order valence-electron chi connectivity index (χ0n) is 9.62. The van der Waals surface area contributed by atoms with Gasteiger partial charge in [-0.3, -0.25) is 0 Å². The fourth-order valence-electron chi connectivity index (χ4n) is 1.74. The minimum Gasteiger partial charge on any atom is -0.439 e. The van der Waals surface area contributed by atoms with Crippen molar-refractivity contribution in [3.05, 3.63) is 40.3 Å². The molecule has 0 bridgehead atoms. The summed E-state index contributed by atoms with van der Waals surface area (Å²) in [6.45, 7) is 0.666. The number of nitrogens with one attached hydrogen (secondary N) is 1. The lowest BCUT2D eigenvalue weighted by Crippen LogP contribution is -2.15. The Morgan fingerprint density at radius 3 is 2.61 bits per heavy atom. The SMILES string of the molecule is Clc1cc(Cl)cc(-c2cnc(CNC3CC3)o2)c1. The topological polar surface area (TPSA) is 38.1 Å². The molecule has 0 saturated heterocycles. The van der Waals surface area contributed by atoms with Gasteiger partial charge < -0.3 is 9.73 Å². The highest BCUT2D eigenvalue weighted by atomic mass is 35.5. The molecule has 0 radical (unpaired) electrons. The monoisotopic (exact) mass is 282 g/mol. The number of aromatic nitrogens is 1. The lowest BCUT2D eigenvalue weighted by molar-refractivity contribution is 0.476. The van der Waals surface area contributed by atoms with Crippen molar-refractivity contribution in [2.45, 2.75) is 25.4 Å². The fraction of sp³-hybridized carbons (Fsp3) is 0.308. The minimum atomic E-state index is 0.589. The van der Waals surface area contributed by atoms with Crippen LogP contribution in [-0.2, 0) is 6.54 Å². The molecule has 1 aromatic carbocycles. The Balaban J connectivity index is 1.78. The van der Waals surface area contributed by atoms with Crippen LogP contribution in [0.1, 0.15) is 18.7 Å². The maximum Gasteiger partial charge on any atom is 0.208 e. The summed E-state index contributed by atoms with van der Waals surface area (Å²) in [7, 11) is 0. The molecule has 94 valence electrons. The first-order valence-corrected chi connectivity index (χ1v) is 6.61. The molecule has 1 aromatic heterocycles. The van der Waals surface area contributed by atoms with Crippen molar-refractivity contribution < 1.29 is 4.42 Å². The predicted octanol–water partition coefficient (Wildman–Crippen LogP) is 3.90. The van der Waals surface area contributed by atoms with Crippen molar-refractivity contribution in [1.29, 1.82) is 0 Å². The normalized spacial score (nSPS) is 15.0. The summed E-state index contributed by atoms with van der Waals surface area (Å²) in [5.41, 5.74) is 0.845. The number of hydrogen-bond donors (Lipinski definition) is 1. The van der Waals surface area contributed by atoms with Gasteiger partial charge in [-0.15, -0.1) is 0 Å². The summed E-state index contributed by atoms with van der Waals surface area (Å²) in [6.07, 6.45) is 4.20. The quantitative estimate of drug-likeness (QED) is 0.924. The van der Waals surface area contributed by atoms with Gasteiger partial charge in [0.15, 0.2) is 5.76 Å². The fourth-order valence-corrected chi connectivity index (χ4v) is 2.27. The molecule has 0 unspecified atom stereocenters. The molecule has 0 atom stereocenters. The van der Waals surface area contributed by atoms with Gasteiger partial charge in [0.1, 0.15) is 0 Å². The average Bonchev–Trinajstić information content (AvgIpc) is 3.02. The van der Waals surface area contributed by atoms with E-state index in [0.717, 1.165) is 5.56 Å². The molecule has 1 N–H and O–H groups in total. The Morgan fingerprint density at radius 2 is 1.94 bits per heavy atom. The van der Waals surface area contributed by atoms with Crippen LogP contribution >= 0.6 is 23.2 Å². The van der Waals surface area contributed by atoms with Crippen molar-refractivity contribution in [3.63, 3.8) is 0 Å². The van der Waals surface area contributed by atoms with Crippen LogP contribution in [0.25, 0.3) is 11.3 Å². The Morgan fingerprint density at radius 1 is 1.22 bits per heavy atom. The molecular formula is C13H12Cl2N2O. The van der Waals surface area contributed by atoms with Gasteiger partial charge in [-0.05, 0) is 31.0 Å². The van der Waals surface area contributed by atoms with Gasteiger partial charge in [-0.2, -0.15) is 0 Å². The Bertz CT molecular complexity index is 544. The van der Waals surface area contributed by atoms with Gasteiger partial charge in [0, 0.05) is 21.7 Å². The smallest absolute Gasteiger partial charge is 0.208 e. The van der Waals surface area contributed by atoms with E-state index in [4.69, 9.17) is 27.6 Å². The molecule has 3 nitrogen and oxygen atoms in total. The molecule has 2 aromatic rings. The van der Waals surface area contributed by atoms with E-state index in [1.165, 1.54) is 12.8 Å². The Hall–Kier alpha value is -1.03. The number of nitrogens with zero attached hydrogens (tertiary/aromatic N) is 1. The van der Waals surface area contributed by atoms with Gasteiger partial charge in [0.2, 0.25) is 5.89 Å². The lowest BCUT2D eigenvalue weighted by Gasteiger charge is -2.00. The molecule has 0 spiro atoms.